The standard InChI is InChI=1S/C28H22ClN2O/c1-2-18-6-8-19(9-7-18)17-31-25-5-3-4-24(28(30)32)27(25)23-15-12-21(16-26(23)31)20-10-13-22(29)14-11-20/h3-14,16H,2,17H2,1H3,(H2,30,32). The fourth-order valence-corrected chi connectivity index (χ4v) is 4.43. The average Bonchev–Trinajstić information content (AvgIpc) is 3.13. The lowest BCUT2D eigenvalue weighted by molar-refractivity contribution is 0.100. The minimum absolute atomic E-state index is 0.433. The molecule has 5 rings (SSSR count). The van der Waals surface area contributed by atoms with Crippen molar-refractivity contribution in [2.45, 2.75) is 19.9 Å². The van der Waals surface area contributed by atoms with Crippen LogP contribution in [0.1, 0.15) is 28.4 Å². The van der Waals surface area contributed by atoms with Crippen molar-refractivity contribution in [3.8, 4) is 11.1 Å². The minimum Gasteiger partial charge on any atom is -0.366 e. The molecule has 0 atom stereocenters. The Morgan fingerprint density at radius 2 is 1.66 bits per heavy atom. The summed E-state index contributed by atoms with van der Waals surface area (Å²) in [6.45, 7) is 2.84. The number of halogens is 1. The van der Waals surface area contributed by atoms with Crippen molar-refractivity contribution in [3.05, 3.63) is 107 Å². The molecule has 1 amide bonds. The number of carbonyl (C=O) groups is 1. The fourth-order valence-electron chi connectivity index (χ4n) is 4.30. The Bertz CT molecular complexity index is 1450. The van der Waals surface area contributed by atoms with E-state index in [1.54, 1.807) is 6.07 Å². The second-order valence-electron chi connectivity index (χ2n) is 7.98. The van der Waals surface area contributed by atoms with E-state index in [9.17, 15) is 4.79 Å². The molecule has 0 aliphatic heterocycles. The van der Waals surface area contributed by atoms with Crippen molar-refractivity contribution in [2.75, 3.05) is 0 Å². The topological polar surface area (TPSA) is 48.0 Å². The molecule has 5 aromatic rings. The van der Waals surface area contributed by atoms with Gasteiger partial charge in [0.05, 0.1) is 11.0 Å². The SMILES string of the molecule is CCc1ccc(Cn2c3cc(-c4ccc(Cl)cc4)c[c]c3c3c(C(N)=O)cccc32)cc1. The maximum atomic E-state index is 12.2. The van der Waals surface area contributed by atoms with Crippen LogP contribution in [0.3, 0.4) is 0 Å². The third-order valence-electron chi connectivity index (χ3n) is 6.01. The summed E-state index contributed by atoms with van der Waals surface area (Å²) in [5, 5.41) is 2.45. The quantitative estimate of drug-likeness (QED) is 0.329. The van der Waals surface area contributed by atoms with Crippen molar-refractivity contribution in [2.24, 2.45) is 5.73 Å². The second-order valence-corrected chi connectivity index (χ2v) is 8.41. The fraction of sp³-hybridized carbons (Fsp3) is 0.107. The summed E-state index contributed by atoms with van der Waals surface area (Å²) in [4.78, 5) is 12.2. The molecule has 0 aliphatic rings. The highest BCUT2D eigenvalue weighted by Crippen LogP contribution is 2.35. The Labute approximate surface area is 192 Å². The van der Waals surface area contributed by atoms with Gasteiger partial charge < -0.3 is 10.3 Å². The number of fused-ring (bicyclic) bond motifs is 3. The largest absolute Gasteiger partial charge is 0.366 e. The van der Waals surface area contributed by atoms with Gasteiger partial charge in [-0.25, -0.2) is 0 Å². The molecule has 32 heavy (non-hydrogen) atoms. The molecule has 1 radical (unpaired) electrons. The number of carbonyl (C=O) groups excluding carboxylic acids is 1. The molecule has 4 heteroatoms. The normalized spacial score (nSPS) is 11.3. The van der Waals surface area contributed by atoms with Gasteiger partial charge >= 0.3 is 0 Å². The van der Waals surface area contributed by atoms with E-state index in [4.69, 9.17) is 17.3 Å². The van der Waals surface area contributed by atoms with E-state index in [-0.39, 0.29) is 0 Å². The number of hydrogen-bond acceptors (Lipinski definition) is 1. The number of benzene rings is 4. The number of rotatable bonds is 5. The van der Waals surface area contributed by atoms with Crippen molar-refractivity contribution < 1.29 is 4.79 Å². The molecule has 0 saturated heterocycles. The van der Waals surface area contributed by atoms with Crippen LogP contribution in [0.2, 0.25) is 5.02 Å². The molecular weight excluding hydrogens is 416 g/mol. The van der Waals surface area contributed by atoms with Crippen LogP contribution in [0.15, 0.2) is 78.9 Å². The second kappa shape index (κ2) is 8.18. The third-order valence-corrected chi connectivity index (χ3v) is 6.26. The van der Waals surface area contributed by atoms with Crippen LogP contribution in [0.4, 0.5) is 0 Å². The van der Waals surface area contributed by atoms with Crippen LogP contribution in [0.5, 0.6) is 0 Å². The molecule has 157 valence electrons. The van der Waals surface area contributed by atoms with Gasteiger partial charge in [0.2, 0.25) is 5.91 Å². The number of nitrogens with zero attached hydrogens (tertiary/aromatic N) is 1. The number of aryl methyl sites for hydroxylation is 1. The highest BCUT2D eigenvalue weighted by molar-refractivity contribution is 6.30. The van der Waals surface area contributed by atoms with E-state index in [1.165, 1.54) is 11.1 Å². The predicted molar refractivity (Wildman–Crippen MR) is 132 cm³/mol. The van der Waals surface area contributed by atoms with Gasteiger partial charge in [-0.15, -0.1) is 0 Å². The highest BCUT2D eigenvalue weighted by Gasteiger charge is 2.17. The zero-order chi connectivity index (χ0) is 22.2. The molecule has 0 unspecified atom stereocenters. The van der Waals surface area contributed by atoms with Crippen LogP contribution >= 0.6 is 11.6 Å². The molecule has 0 fully saturated rings. The summed E-state index contributed by atoms with van der Waals surface area (Å²) in [7, 11) is 0. The lowest BCUT2D eigenvalue weighted by Crippen LogP contribution is -2.11. The molecule has 2 N–H and O–H groups in total. The van der Waals surface area contributed by atoms with E-state index in [1.807, 2.05) is 42.5 Å². The molecular formula is C28H22ClN2O. The maximum absolute atomic E-state index is 12.2. The molecule has 3 nitrogen and oxygen atoms in total. The molecule has 0 saturated carbocycles. The first-order valence-corrected chi connectivity index (χ1v) is 11.0. The summed E-state index contributed by atoms with van der Waals surface area (Å²) in [6, 6.07) is 29.7. The van der Waals surface area contributed by atoms with E-state index in [0.717, 1.165) is 39.4 Å². The van der Waals surface area contributed by atoms with Crippen molar-refractivity contribution in [1.82, 2.24) is 4.57 Å². The zero-order valence-electron chi connectivity index (χ0n) is 17.7. The molecule has 1 heterocycles. The molecule has 0 aliphatic carbocycles. The van der Waals surface area contributed by atoms with Crippen LogP contribution in [0, 0.1) is 6.07 Å². The van der Waals surface area contributed by atoms with E-state index < -0.39 is 5.91 Å². The molecule has 0 bridgehead atoms. The Balaban J connectivity index is 1.75. The number of hydrogen-bond donors (Lipinski definition) is 1. The first-order valence-electron chi connectivity index (χ1n) is 10.7. The maximum Gasteiger partial charge on any atom is 0.249 e. The summed E-state index contributed by atoms with van der Waals surface area (Å²) in [5.74, 6) is -0.433. The Hall–Kier alpha value is -3.56. The van der Waals surface area contributed by atoms with Gasteiger partial charge in [-0.05, 0) is 71.1 Å². The highest BCUT2D eigenvalue weighted by atomic mass is 35.5. The molecule has 1 aromatic heterocycles. The van der Waals surface area contributed by atoms with Gasteiger partial charge in [0.25, 0.3) is 0 Å². The summed E-state index contributed by atoms with van der Waals surface area (Å²) in [6.07, 6.45) is 1.01. The summed E-state index contributed by atoms with van der Waals surface area (Å²) in [5.41, 5.74) is 12.8. The lowest BCUT2D eigenvalue weighted by atomic mass is 10.0. The zero-order valence-corrected chi connectivity index (χ0v) is 18.5. The van der Waals surface area contributed by atoms with Gasteiger partial charge in [0.15, 0.2) is 0 Å². The Kier molecular flexibility index (Phi) is 5.20. The van der Waals surface area contributed by atoms with Gasteiger partial charge in [0, 0.05) is 27.9 Å². The summed E-state index contributed by atoms with van der Waals surface area (Å²) >= 11 is 6.08. The van der Waals surface area contributed by atoms with Crippen molar-refractivity contribution >= 4 is 39.3 Å². The predicted octanol–water partition coefficient (Wildman–Crippen LogP) is 6.62. The van der Waals surface area contributed by atoms with Crippen LogP contribution < -0.4 is 5.73 Å². The number of primary amides is 1. The van der Waals surface area contributed by atoms with Crippen LogP contribution in [0.25, 0.3) is 32.9 Å². The monoisotopic (exact) mass is 437 g/mol. The third kappa shape index (κ3) is 3.55. The van der Waals surface area contributed by atoms with Crippen LogP contribution in [-0.2, 0) is 13.0 Å². The molecule has 4 aromatic carbocycles. The average molecular weight is 438 g/mol. The van der Waals surface area contributed by atoms with Crippen molar-refractivity contribution in [1.29, 1.82) is 0 Å². The minimum atomic E-state index is -0.433. The number of nitrogens with two attached hydrogens (primary N) is 1. The van der Waals surface area contributed by atoms with Gasteiger partial charge in [-0.3, -0.25) is 4.79 Å². The smallest absolute Gasteiger partial charge is 0.249 e. The van der Waals surface area contributed by atoms with E-state index in [0.29, 0.717) is 17.1 Å². The number of aromatic nitrogens is 1. The molecule has 0 spiro atoms. The lowest BCUT2D eigenvalue weighted by Gasteiger charge is -2.10. The Morgan fingerprint density at radius 3 is 2.34 bits per heavy atom. The summed E-state index contributed by atoms with van der Waals surface area (Å²) < 4.78 is 2.24. The van der Waals surface area contributed by atoms with E-state index in [2.05, 4.69) is 47.9 Å². The first-order chi connectivity index (χ1) is 15.5. The van der Waals surface area contributed by atoms with E-state index >= 15 is 0 Å². The Morgan fingerprint density at radius 1 is 0.938 bits per heavy atom. The van der Waals surface area contributed by atoms with Gasteiger partial charge in [-0.2, -0.15) is 0 Å². The van der Waals surface area contributed by atoms with Crippen molar-refractivity contribution in [3.63, 3.8) is 0 Å². The number of amides is 1. The van der Waals surface area contributed by atoms with Gasteiger partial charge in [-0.1, -0.05) is 61.0 Å². The van der Waals surface area contributed by atoms with Gasteiger partial charge in [0.1, 0.15) is 0 Å². The first kappa shape index (κ1) is 20.3. The van der Waals surface area contributed by atoms with Crippen LogP contribution in [-0.4, -0.2) is 10.5 Å².